The van der Waals surface area contributed by atoms with Crippen molar-refractivity contribution in [3.63, 3.8) is 0 Å². The Morgan fingerprint density at radius 2 is 1.26 bits per heavy atom. The monoisotopic (exact) mass is 515 g/mol. The molecule has 0 aliphatic carbocycles. The lowest BCUT2D eigenvalue weighted by Crippen LogP contribution is -2.25. The van der Waals surface area contributed by atoms with Gasteiger partial charge in [-0.15, -0.1) is 0 Å². The second kappa shape index (κ2) is 9.73. The topological polar surface area (TPSA) is 108 Å². The molecule has 0 bridgehead atoms. The van der Waals surface area contributed by atoms with Crippen molar-refractivity contribution in [3.05, 3.63) is 84.4 Å². The molecule has 180 valence electrons. The van der Waals surface area contributed by atoms with E-state index in [-0.39, 0.29) is 16.4 Å². The largest absolute Gasteiger partial charge is 0.497 e. The van der Waals surface area contributed by atoms with Crippen LogP contribution in [-0.2, 0) is 24.5 Å². The molecule has 0 heterocycles. The summed E-state index contributed by atoms with van der Waals surface area (Å²) in [6.07, 6.45) is -5.02. The molecule has 0 fully saturated rings. The summed E-state index contributed by atoms with van der Waals surface area (Å²) in [4.78, 5) is -0.695. The first-order valence-corrected chi connectivity index (χ1v) is 12.1. The van der Waals surface area contributed by atoms with Crippen LogP contribution in [0.2, 0.25) is 0 Å². The number of halogens is 3. The third kappa shape index (κ3) is 6.05. The Morgan fingerprint density at radius 3 is 1.79 bits per heavy atom. The van der Waals surface area contributed by atoms with Gasteiger partial charge in [0.05, 0.1) is 7.11 Å². The van der Waals surface area contributed by atoms with E-state index in [0.717, 1.165) is 36.4 Å². The third-order valence-corrected chi connectivity index (χ3v) is 6.59. The van der Waals surface area contributed by atoms with Crippen LogP contribution in [0.3, 0.4) is 0 Å². The summed E-state index contributed by atoms with van der Waals surface area (Å²) in [5, 5.41) is 2.83. The van der Waals surface area contributed by atoms with Crippen LogP contribution in [0.15, 0.2) is 93.8 Å². The molecule has 3 aromatic carbocycles. The molecular formula is C21H16F3NO7S2. The van der Waals surface area contributed by atoms with Gasteiger partial charge in [0.2, 0.25) is 0 Å². The number of benzene rings is 3. The summed E-state index contributed by atoms with van der Waals surface area (Å²) in [5.41, 5.74) is -2.02. The Hall–Kier alpha value is -3.58. The highest BCUT2D eigenvalue weighted by Crippen LogP contribution is 2.26. The van der Waals surface area contributed by atoms with E-state index in [2.05, 4.69) is 9.44 Å². The number of rotatable bonds is 8. The van der Waals surface area contributed by atoms with E-state index >= 15 is 0 Å². The van der Waals surface area contributed by atoms with Gasteiger partial charge in [-0.3, -0.25) is 4.28 Å². The van der Waals surface area contributed by atoms with Gasteiger partial charge >= 0.3 is 26.4 Å². The number of hydrogen-bond donors (Lipinski definition) is 0. The van der Waals surface area contributed by atoms with E-state index in [1.165, 1.54) is 43.5 Å². The molecule has 3 aromatic rings. The third-order valence-electron chi connectivity index (χ3n) is 4.21. The maximum atomic E-state index is 13.4. The lowest BCUT2D eigenvalue weighted by Gasteiger charge is -2.11. The fourth-order valence-corrected chi connectivity index (χ4v) is 4.25. The van der Waals surface area contributed by atoms with Crippen LogP contribution in [0, 0.1) is 0 Å². The fourth-order valence-electron chi connectivity index (χ4n) is 2.57. The van der Waals surface area contributed by atoms with Gasteiger partial charge in [0.1, 0.15) is 21.3 Å². The first-order valence-electron chi connectivity index (χ1n) is 9.25. The van der Waals surface area contributed by atoms with E-state index in [9.17, 15) is 30.0 Å². The molecule has 0 saturated carbocycles. The van der Waals surface area contributed by atoms with Gasteiger partial charge in [-0.05, 0) is 60.7 Å². The normalized spacial score (nSPS) is 12.8. The van der Waals surface area contributed by atoms with Gasteiger partial charge in [-0.2, -0.15) is 30.0 Å². The van der Waals surface area contributed by atoms with Gasteiger partial charge in [0.25, 0.3) is 0 Å². The van der Waals surface area contributed by atoms with Crippen LogP contribution in [0.1, 0.15) is 5.56 Å². The second-order valence-electron chi connectivity index (χ2n) is 6.52. The molecule has 0 radical (unpaired) electrons. The SMILES string of the molecule is COc1ccc(C(=NOS(=O)(=O)c2ccc(OS(=O)(=O)c3ccccc3)cc2)C(F)(F)F)cc1. The van der Waals surface area contributed by atoms with Crippen molar-refractivity contribution in [3.8, 4) is 11.5 Å². The highest BCUT2D eigenvalue weighted by atomic mass is 32.2. The predicted octanol–water partition coefficient (Wildman–Crippen LogP) is 4.13. The number of oxime groups is 1. The van der Waals surface area contributed by atoms with E-state index < -0.39 is 42.6 Å². The molecule has 0 unspecified atom stereocenters. The molecule has 0 spiro atoms. The zero-order valence-corrected chi connectivity index (χ0v) is 18.9. The molecule has 0 atom stereocenters. The molecule has 0 N–H and O–H groups in total. The lowest BCUT2D eigenvalue weighted by atomic mass is 10.1. The molecule has 8 nitrogen and oxygen atoms in total. The van der Waals surface area contributed by atoms with E-state index in [1.54, 1.807) is 6.07 Å². The summed E-state index contributed by atoms with van der Waals surface area (Å²) >= 11 is 0. The summed E-state index contributed by atoms with van der Waals surface area (Å²) < 4.78 is 103. The molecule has 0 aromatic heterocycles. The Balaban J connectivity index is 1.81. The molecule has 0 amide bonds. The van der Waals surface area contributed by atoms with E-state index in [4.69, 9.17) is 8.92 Å². The summed E-state index contributed by atoms with van der Waals surface area (Å²) in [5.74, 6) is 0.0657. The first-order chi connectivity index (χ1) is 15.9. The maximum absolute atomic E-state index is 13.4. The van der Waals surface area contributed by atoms with Gasteiger partial charge < -0.3 is 8.92 Å². The quantitative estimate of drug-likeness (QED) is 0.252. The molecule has 13 heteroatoms. The average molecular weight is 515 g/mol. The number of ether oxygens (including phenoxy) is 1. The van der Waals surface area contributed by atoms with Gasteiger partial charge in [-0.1, -0.05) is 23.4 Å². The molecule has 0 aliphatic rings. The van der Waals surface area contributed by atoms with Gasteiger partial charge in [0, 0.05) is 5.56 Å². The first kappa shape index (κ1) is 25.1. The molecule has 34 heavy (non-hydrogen) atoms. The summed E-state index contributed by atoms with van der Waals surface area (Å²) in [6, 6.07) is 15.6. The highest BCUT2D eigenvalue weighted by molar-refractivity contribution is 7.87. The van der Waals surface area contributed by atoms with Crippen LogP contribution < -0.4 is 8.92 Å². The Morgan fingerprint density at radius 1 is 0.735 bits per heavy atom. The van der Waals surface area contributed by atoms with Gasteiger partial charge in [0.15, 0.2) is 5.71 Å². The van der Waals surface area contributed by atoms with Crippen LogP contribution in [-0.4, -0.2) is 35.8 Å². The van der Waals surface area contributed by atoms with E-state index in [0.29, 0.717) is 0 Å². The predicted molar refractivity (Wildman–Crippen MR) is 115 cm³/mol. The van der Waals surface area contributed by atoms with Gasteiger partial charge in [-0.25, -0.2) is 0 Å². The van der Waals surface area contributed by atoms with Crippen molar-refractivity contribution < 1.29 is 43.2 Å². The average Bonchev–Trinajstić information content (AvgIpc) is 2.79. The molecule has 0 aliphatic heterocycles. The van der Waals surface area contributed by atoms with Crippen LogP contribution in [0.4, 0.5) is 13.2 Å². The van der Waals surface area contributed by atoms with Crippen molar-refractivity contribution in [2.45, 2.75) is 16.0 Å². The highest BCUT2D eigenvalue weighted by Gasteiger charge is 2.38. The second-order valence-corrected chi connectivity index (χ2v) is 9.59. The fraction of sp³-hybridized carbons (Fsp3) is 0.0952. The van der Waals surface area contributed by atoms with Crippen molar-refractivity contribution in [2.75, 3.05) is 7.11 Å². The smallest absolute Gasteiger partial charge is 0.437 e. The summed E-state index contributed by atoms with van der Waals surface area (Å²) in [6.45, 7) is 0. The number of nitrogens with zero attached hydrogens (tertiary/aromatic N) is 1. The maximum Gasteiger partial charge on any atom is 0.437 e. The van der Waals surface area contributed by atoms with E-state index in [1.807, 2.05) is 0 Å². The summed E-state index contributed by atoms with van der Waals surface area (Å²) in [7, 11) is -7.61. The number of methoxy groups -OCH3 is 1. The van der Waals surface area contributed by atoms with Crippen LogP contribution in [0.5, 0.6) is 11.5 Å². The molecule has 0 saturated heterocycles. The Labute approximate surface area is 193 Å². The zero-order valence-electron chi connectivity index (χ0n) is 17.3. The number of hydrogen-bond acceptors (Lipinski definition) is 8. The standard InChI is InChI=1S/C21H16F3NO7S2/c1-30-16-9-7-15(8-10-16)20(21(22,23)24)25-32-34(28,29)19-13-11-17(12-14-19)31-33(26,27)18-5-3-2-4-6-18/h2-14H,1H3. The van der Waals surface area contributed by atoms with Crippen molar-refractivity contribution in [1.29, 1.82) is 0 Å². The van der Waals surface area contributed by atoms with Crippen molar-refractivity contribution in [2.24, 2.45) is 5.16 Å². The Kier molecular flexibility index (Phi) is 7.17. The van der Waals surface area contributed by atoms with Crippen LogP contribution in [0.25, 0.3) is 0 Å². The minimum Gasteiger partial charge on any atom is -0.497 e. The minimum atomic E-state index is -5.02. The number of alkyl halides is 3. The molecular weight excluding hydrogens is 499 g/mol. The minimum absolute atomic E-state index is 0.123. The van der Waals surface area contributed by atoms with Crippen molar-refractivity contribution >= 4 is 25.9 Å². The lowest BCUT2D eigenvalue weighted by molar-refractivity contribution is -0.0597. The Bertz CT molecular complexity index is 1370. The van der Waals surface area contributed by atoms with Crippen molar-refractivity contribution in [1.82, 2.24) is 0 Å². The molecule has 3 rings (SSSR count). The van der Waals surface area contributed by atoms with Crippen LogP contribution >= 0.6 is 0 Å². The zero-order chi connectivity index (χ0) is 25.0.